The Kier molecular flexibility index (Phi) is 4.43. The van der Waals surface area contributed by atoms with E-state index in [4.69, 9.17) is 5.21 Å². The van der Waals surface area contributed by atoms with Crippen molar-refractivity contribution >= 4 is 17.3 Å². The van der Waals surface area contributed by atoms with Gasteiger partial charge in [-0.3, -0.25) is 20.1 Å². The number of nitrogens with zero attached hydrogens (tertiary/aromatic N) is 1. The van der Waals surface area contributed by atoms with Crippen molar-refractivity contribution in [1.29, 1.82) is 0 Å². The van der Waals surface area contributed by atoms with E-state index in [9.17, 15) is 14.9 Å². The molecule has 0 aromatic heterocycles. The number of hydrogen-bond acceptors (Lipinski definition) is 5. The lowest BCUT2D eigenvalue weighted by atomic mass is 9.87. The molecule has 0 aliphatic heterocycles. The second-order valence-corrected chi connectivity index (χ2v) is 5.81. The predicted molar refractivity (Wildman–Crippen MR) is 88.2 cm³/mol. The van der Waals surface area contributed by atoms with Crippen LogP contribution in [0.5, 0.6) is 0 Å². The van der Waals surface area contributed by atoms with Gasteiger partial charge < -0.3 is 5.32 Å². The molecule has 0 bridgehead atoms. The number of nitro groups is 1. The number of nitrogens with one attached hydrogen (secondary N) is 2. The van der Waals surface area contributed by atoms with Crippen molar-refractivity contribution in [1.82, 2.24) is 5.48 Å². The van der Waals surface area contributed by atoms with Gasteiger partial charge in [-0.15, -0.1) is 0 Å². The summed E-state index contributed by atoms with van der Waals surface area (Å²) >= 11 is 0. The second-order valence-electron chi connectivity index (χ2n) is 5.81. The summed E-state index contributed by atoms with van der Waals surface area (Å²) < 4.78 is 0. The Labute approximate surface area is 138 Å². The van der Waals surface area contributed by atoms with E-state index in [0.717, 1.165) is 30.5 Å². The topological polar surface area (TPSA) is 104 Å². The van der Waals surface area contributed by atoms with E-state index < -0.39 is 10.8 Å². The van der Waals surface area contributed by atoms with Gasteiger partial charge in [-0.05, 0) is 54.7 Å². The summed E-state index contributed by atoms with van der Waals surface area (Å²) in [7, 11) is 0. The van der Waals surface area contributed by atoms with Crippen LogP contribution in [0.4, 0.5) is 11.4 Å². The molecule has 2 aromatic rings. The van der Waals surface area contributed by atoms with Crippen molar-refractivity contribution in [2.24, 2.45) is 0 Å². The number of fused-ring (bicyclic) bond motifs is 1. The summed E-state index contributed by atoms with van der Waals surface area (Å²) in [5.74, 6) is -0.525. The number of nitro benzene ring substituents is 1. The van der Waals surface area contributed by atoms with E-state index in [2.05, 4.69) is 5.32 Å². The molecule has 0 saturated heterocycles. The largest absolute Gasteiger partial charge is 0.382 e. The minimum Gasteiger partial charge on any atom is -0.382 e. The summed E-state index contributed by atoms with van der Waals surface area (Å²) in [5.41, 5.74) is 5.23. The third kappa shape index (κ3) is 3.36. The van der Waals surface area contributed by atoms with Crippen LogP contribution in [0.2, 0.25) is 0 Å². The number of anilines is 1. The Hall–Kier alpha value is -2.93. The number of hydrogen-bond donors (Lipinski definition) is 3. The number of aryl methyl sites for hydroxylation is 1. The molecule has 1 aliphatic rings. The van der Waals surface area contributed by atoms with Crippen LogP contribution in [0.25, 0.3) is 0 Å². The lowest BCUT2D eigenvalue weighted by Crippen LogP contribution is -2.28. The molecule has 24 heavy (non-hydrogen) atoms. The van der Waals surface area contributed by atoms with E-state index in [1.807, 2.05) is 6.07 Å². The summed E-state index contributed by atoms with van der Waals surface area (Å²) in [6.45, 7) is 0. The van der Waals surface area contributed by atoms with Crippen LogP contribution in [-0.2, 0) is 12.8 Å². The van der Waals surface area contributed by atoms with Crippen LogP contribution < -0.4 is 10.8 Å². The molecular weight excluding hydrogens is 310 g/mol. The van der Waals surface area contributed by atoms with Crippen LogP contribution in [0, 0.1) is 10.1 Å². The molecule has 3 rings (SSSR count). The SMILES string of the molecule is O=C(NO)c1ccc2c(c1)CC(Nc1ccc([N+](=O)[O-])cc1)CC2. The molecule has 7 heteroatoms. The van der Waals surface area contributed by atoms with Crippen LogP contribution in [0.1, 0.15) is 27.9 Å². The molecule has 0 saturated carbocycles. The molecule has 3 N–H and O–H groups in total. The Morgan fingerprint density at radius 2 is 1.92 bits per heavy atom. The molecule has 124 valence electrons. The second kappa shape index (κ2) is 6.67. The van der Waals surface area contributed by atoms with Crippen molar-refractivity contribution in [2.45, 2.75) is 25.3 Å². The van der Waals surface area contributed by atoms with Crippen LogP contribution in [-0.4, -0.2) is 22.1 Å². The standard InChI is InChI=1S/C17H17N3O4/c21-17(19-22)12-2-1-11-3-4-15(10-13(11)9-12)18-14-5-7-16(8-6-14)20(23)24/h1-2,5-9,15,18,22H,3-4,10H2,(H,19,21). The van der Waals surface area contributed by atoms with E-state index in [1.54, 1.807) is 29.7 Å². The fourth-order valence-electron chi connectivity index (χ4n) is 3.00. The van der Waals surface area contributed by atoms with Gasteiger partial charge >= 0.3 is 0 Å². The first-order chi connectivity index (χ1) is 11.6. The first kappa shape index (κ1) is 15.9. The molecule has 0 spiro atoms. The summed E-state index contributed by atoms with van der Waals surface area (Å²) in [5, 5.41) is 22.8. The van der Waals surface area contributed by atoms with Crippen LogP contribution in [0.15, 0.2) is 42.5 Å². The first-order valence-electron chi connectivity index (χ1n) is 7.64. The van der Waals surface area contributed by atoms with E-state index in [0.29, 0.717) is 5.56 Å². The van der Waals surface area contributed by atoms with Gasteiger partial charge in [0.15, 0.2) is 0 Å². The van der Waals surface area contributed by atoms with Gasteiger partial charge in [0.2, 0.25) is 0 Å². The number of carbonyl (C=O) groups is 1. The molecule has 0 heterocycles. The Balaban J connectivity index is 1.72. The van der Waals surface area contributed by atoms with Crippen molar-refractivity contribution in [2.75, 3.05) is 5.32 Å². The highest BCUT2D eigenvalue weighted by Gasteiger charge is 2.20. The maximum atomic E-state index is 11.5. The predicted octanol–water partition coefficient (Wildman–Crippen LogP) is 2.68. The first-order valence-corrected chi connectivity index (χ1v) is 7.64. The van der Waals surface area contributed by atoms with E-state index >= 15 is 0 Å². The normalized spacial score (nSPS) is 16.1. The number of amides is 1. The molecule has 7 nitrogen and oxygen atoms in total. The Morgan fingerprint density at radius 1 is 1.17 bits per heavy atom. The maximum Gasteiger partial charge on any atom is 0.274 e. The number of carbonyl (C=O) groups excluding carboxylic acids is 1. The smallest absolute Gasteiger partial charge is 0.274 e. The quantitative estimate of drug-likeness (QED) is 0.455. The zero-order valence-electron chi connectivity index (χ0n) is 12.9. The van der Waals surface area contributed by atoms with Gasteiger partial charge in [0.05, 0.1) is 4.92 Å². The van der Waals surface area contributed by atoms with Crippen molar-refractivity contribution in [3.63, 3.8) is 0 Å². The molecule has 2 aromatic carbocycles. The van der Waals surface area contributed by atoms with Crippen LogP contribution >= 0.6 is 0 Å². The van der Waals surface area contributed by atoms with Gasteiger partial charge in [-0.25, -0.2) is 5.48 Å². The lowest BCUT2D eigenvalue weighted by molar-refractivity contribution is -0.384. The minimum absolute atomic E-state index is 0.0641. The summed E-state index contributed by atoms with van der Waals surface area (Å²) in [6, 6.07) is 11.9. The number of rotatable bonds is 4. The van der Waals surface area contributed by atoms with Gasteiger partial charge in [-0.2, -0.15) is 0 Å². The zero-order chi connectivity index (χ0) is 17.1. The number of non-ortho nitro benzene ring substituents is 1. The molecule has 1 aliphatic carbocycles. The highest BCUT2D eigenvalue weighted by molar-refractivity contribution is 5.93. The molecule has 0 radical (unpaired) electrons. The van der Waals surface area contributed by atoms with Crippen molar-refractivity contribution in [3.8, 4) is 0 Å². The van der Waals surface area contributed by atoms with E-state index in [-0.39, 0.29) is 11.7 Å². The van der Waals surface area contributed by atoms with Crippen molar-refractivity contribution in [3.05, 3.63) is 69.3 Å². The third-order valence-corrected chi connectivity index (χ3v) is 4.25. The minimum atomic E-state index is -0.525. The van der Waals surface area contributed by atoms with Gasteiger partial charge in [0, 0.05) is 29.4 Å². The average molecular weight is 327 g/mol. The molecular formula is C17H17N3O4. The van der Waals surface area contributed by atoms with Gasteiger partial charge in [0.25, 0.3) is 11.6 Å². The van der Waals surface area contributed by atoms with Crippen LogP contribution in [0.3, 0.4) is 0 Å². The maximum absolute atomic E-state index is 11.5. The van der Waals surface area contributed by atoms with Gasteiger partial charge in [-0.1, -0.05) is 6.07 Å². The summed E-state index contributed by atoms with van der Waals surface area (Å²) in [6.07, 6.45) is 2.58. The zero-order valence-corrected chi connectivity index (χ0v) is 12.9. The number of benzene rings is 2. The van der Waals surface area contributed by atoms with E-state index in [1.165, 1.54) is 17.7 Å². The van der Waals surface area contributed by atoms with Gasteiger partial charge in [0.1, 0.15) is 0 Å². The highest BCUT2D eigenvalue weighted by atomic mass is 16.6. The summed E-state index contributed by atoms with van der Waals surface area (Å²) in [4.78, 5) is 21.8. The highest BCUT2D eigenvalue weighted by Crippen LogP contribution is 2.25. The fourth-order valence-corrected chi connectivity index (χ4v) is 3.00. The molecule has 1 unspecified atom stereocenters. The fraction of sp³-hybridized carbons (Fsp3) is 0.235. The molecule has 0 fully saturated rings. The lowest BCUT2D eigenvalue weighted by Gasteiger charge is -2.26. The molecule has 1 atom stereocenters. The monoisotopic (exact) mass is 327 g/mol. The molecule has 1 amide bonds. The average Bonchev–Trinajstić information content (AvgIpc) is 2.61. The van der Waals surface area contributed by atoms with Crippen molar-refractivity contribution < 1.29 is 14.9 Å². The Morgan fingerprint density at radius 3 is 2.58 bits per heavy atom. The number of hydroxylamine groups is 1. The third-order valence-electron chi connectivity index (χ3n) is 4.25. The Bertz CT molecular complexity index is 774.